The highest BCUT2D eigenvalue weighted by atomic mass is 19.1. The Morgan fingerprint density at radius 1 is 1.13 bits per heavy atom. The third kappa shape index (κ3) is 3.66. The van der Waals surface area contributed by atoms with E-state index in [-0.39, 0.29) is 18.1 Å². The van der Waals surface area contributed by atoms with Gasteiger partial charge in [-0.2, -0.15) is 0 Å². The monoisotopic (exact) mass is 408 g/mol. The highest BCUT2D eigenvalue weighted by molar-refractivity contribution is 6.07. The number of nitrogens with one attached hydrogen (secondary N) is 1. The summed E-state index contributed by atoms with van der Waals surface area (Å²) in [6.07, 6.45) is 1.69. The Morgan fingerprint density at radius 2 is 1.83 bits per heavy atom. The van der Waals surface area contributed by atoms with Gasteiger partial charge in [-0.15, -0.1) is 0 Å². The Balaban J connectivity index is 1.94. The van der Waals surface area contributed by atoms with E-state index in [1.165, 1.54) is 12.1 Å². The Hall–Kier alpha value is -3.61. The van der Waals surface area contributed by atoms with Gasteiger partial charge in [0.15, 0.2) is 5.78 Å². The molecule has 2 N–H and O–H groups in total. The highest BCUT2D eigenvalue weighted by Gasteiger charge is 2.31. The Kier molecular flexibility index (Phi) is 5.27. The van der Waals surface area contributed by atoms with Crippen LogP contribution in [-0.2, 0) is 17.8 Å². The van der Waals surface area contributed by atoms with Crippen LogP contribution in [0, 0.1) is 5.82 Å². The van der Waals surface area contributed by atoms with Crippen molar-refractivity contribution in [3.8, 4) is 17.0 Å². The fourth-order valence-corrected chi connectivity index (χ4v) is 3.93. The van der Waals surface area contributed by atoms with E-state index in [1.807, 2.05) is 12.1 Å². The number of Topliss-reactive ketones (excluding diaryl/α,β-unsaturated/α-hetero) is 1. The summed E-state index contributed by atoms with van der Waals surface area (Å²) < 4.78 is 20.3. The Morgan fingerprint density at radius 3 is 2.47 bits per heavy atom. The number of anilines is 2. The molecule has 0 spiro atoms. The number of carbonyl (C=O) groups is 2. The smallest absolute Gasteiger partial charge is 0.323 e. The van der Waals surface area contributed by atoms with Crippen molar-refractivity contribution in [2.75, 3.05) is 12.4 Å². The lowest BCUT2D eigenvalue weighted by atomic mass is 9.94. The van der Waals surface area contributed by atoms with Crippen molar-refractivity contribution in [3.63, 3.8) is 0 Å². The molecule has 30 heavy (non-hydrogen) atoms. The van der Waals surface area contributed by atoms with Crippen LogP contribution in [-0.4, -0.2) is 28.5 Å². The van der Waals surface area contributed by atoms with Crippen LogP contribution in [0.5, 0.6) is 5.75 Å². The van der Waals surface area contributed by atoms with Gasteiger partial charge in [0.05, 0.1) is 24.1 Å². The Labute approximate surface area is 172 Å². The lowest BCUT2D eigenvalue weighted by molar-refractivity contribution is -0.137. The van der Waals surface area contributed by atoms with Crippen molar-refractivity contribution in [3.05, 3.63) is 65.6 Å². The van der Waals surface area contributed by atoms with Gasteiger partial charge in [-0.3, -0.25) is 9.59 Å². The van der Waals surface area contributed by atoms with Gasteiger partial charge in [0.2, 0.25) is 0 Å². The third-order valence-electron chi connectivity index (χ3n) is 5.24. The van der Waals surface area contributed by atoms with E-state index in [1.54, 1.807) is 35.9 Å². The number of ether oxygens (including phenoxy) is 1. The molecule has 1 aromatic heterocycles. The first-order chi connectivity index (χ1) is 14.5. The van der Waals surface area contributed by atoms with Gasteiger partial charge >= 0.3 is 5.97 Å². The molecule has 0 unspecified atom stereocenters. The minimum absolute atomic E-state index is 0.0280. The molecule has 0 amide bonds. The van der Waals surface area contributed by atoms with Crippen molar-refractivity contribution in [1.82, 2.24) is 4.57 Å². The number of benzene rings is 2. The molecule has 0 radical (unpaired) electrons. The zero-order valence-corrected chi connectivity index (χ0v) is 16.4. The number of carbonyl (C=O) groups excluding carboxylic acids is 1. The first-order valence-corrected chi connectivity index (χ1v) is 9.65. The summed E-state index contributed by atoms with van der Waals surface area (Å²) >= 11 is 0. The number of methoxy groups -OCH3 is 1. The average Bonchev–Trinajstić information content (AvgIpc) is 3.03. The Bertz CT molecular complexity index is 1100. The maximum absolute atomic E-state index is 13.4. The van der Waals surface area contributed by atoms with Gasteiger partial charge in [-0.05, 0) is 61.4 Å². The quantitative estimate of drug-likeness (QED) is 0.621. The number of aromatic nitrogens is 1. The van der Waals surface area contributed by atoms with Gasteiger partial charge < -0.3 is 19.7 Å². The molecule has 6 nitrogen and oxygen atoms in total. The molecule has 4 rings (SSSR count). The van der Waals surface area contributed by atoms with Crippen molar-refractivity contribution >= 4 is 23.1 Å². The van der Waals surface area contributed by atoms with E-state index >= 15 is 0 Å². The number of hydrogen-bond acceptors (Lipinski definition) is 4. The van der Waals surface area contributed by atoms with Gasteiger partial charge in [0.25, 0.3) is 0 Å². The first-order valence-electron chi connectivity index (χ1n) is 9.65. The minimum atomic E-state index is -0.992. The molecule has 0 bridgehead atoms. The second kappa shape index (κ2) is 8.02. The molecule has 3 aromatic rings. The second-order valence-corrected chi connectivity index (χ2v) is 7.16. The van der Waals surface area contributed by atoms with Crippen molar-refractivity contribution in [2.45, 2.75) is 25.8 Å². The number of hydrogen-bond donors (Lipinski definition) is 2. The number of rotatable bonds is 6. The predicted molar refractivity (Wildman–Crippen MR) is 111 cm³/mol. The maximum atomic E-state index is 13.4. The normalized spacial score (nSPS) is 13.1. The molecule has 0 saturated heterocycles. The van der Waals surface area contributed by atoms with Crippen LogP contribution < -0.4 is 10.1 Å². The number of fused-ring (bicyclic) bond motifs is 1. The second-order valence-electron chi connectivity index (χ2n) is 7.16. The third-order valence-corrected chi connectivity index (χ3v) is 5.24. The molecule has 1 aliphatic carbocycles. The van der Waals surface area contributed by atoms with Crippen LogP contribution in [0.25, 0.3) is 11.3 Å². The molecule has 0 fully saturated rings. The molecule has 0 saturated carbocycles. The minimum Gasteiger partial charge on any atom is -0.497 e. The van der Waals surface area contributed by atoms with Crippen LogP contribution in [0.1, 0.15) is 28.9 Å². The summed E-state index contributed by atoms with van der Waals surface area (Å²) in [5.74, 6) is -0.713. The number of carboxylic acid groups (broad SMARTS) is 1. The zero-order chi connectivity index (χ0) is 21.3. The SMILES string of the molecule is COc1ccc(-c2c(Nc3ccc(F)cc3)c3c(n2CC(=O)O)CCCC3=O)cc1. The number of ketones is 1. The fraction of sp³-hybridized carbons (Fsp3) is 0.217. The summed E-state index contributed by atoms with van der Waals surface area (Å²) in [6, 6.07) is 13.1. The van der Waals surface area contributed by atoms with E-state index < -0.39 is 5.97 Å². The number of carboxylic acids is 1. The number of halogens is 1. The van der Waals surface area contributed by atoms with Crippen molar-refractivity contribution < 1.29 is 23.8 Å². The summed E-state index contributed by atoms with van der Waals surface area (Å²) in [5.41, 5.74) is 3.75. The molecule has 7 heteroatoms. The van der Waals surface area contributed by atoms with Crippen LogP contribution in [0.2, 0.25) is 0 Å². The average molecular weight is 408 g/mol. The van der Waals surface area contributed by atoms with E-state index in [2.05, 4.69) is 5.32 Å². The van der Waals surface area contributed by atoms with Gasteiger partial charge in [0, 0.05) is 23.4 Å². The maximum Gasteiger partial charge on any atom is 0.323 e. The molecule has 2 aromatic carbocycles. The van der Waals surface area contributed by atoms with E-state index in [4.69, 9.17) is 4.74 Å². The van der Waals surface area contributed by atoms with E-state index in [9.17, 15) is 19.1 Å². The van der Waals surface area contributed by atoms with Gasteiger partial charge in [0.1, 0.15) is 18.1 Å². The summed E-state index contributed by atoms with van der Waals surface area (Å²) in [7, 11) is 1.57. The molecular weight excluding hydrogens is 387 g/mol. The topological polar surface area (TPSA) is 80.6 Å². The lowest BCUT2D eigenvalue weighted by Gasteiger charge is -2.15. The number of aliphatic carboxylic acids is 1. The summed E-state index contributed by atoms with van der Waals surface area (Å²) in [6.45, 7) is -0.262. The number of nitrogens with zero attached hydrogens (tertiary/aromatic N) is 1. The predicted octanol–water partition coefficient (Wildman–Crippen LogP) is 4.65. The molecule has 1 heterocycles. The standard InChI is InChI=1S/C23H21FN2O4/c1-30-17-11-5-14(6-12-17)23-22(25-16-9-7-15(24)8-10-16)21-18(3-2-4-19(21)27)26(23)13-20(28)29/h5-12,25H,2-4,13H2,1H3,(H,28,29). The van der Waals surface area contributed by atoms with E-state index in [0.717, 1.165) is 5.56 Å². The first kappa shape index (κ1) is 19.7. The lowest BCUT2D eigenvalue weighted by Crippen LogP contribution is -2.17. The molecular formula is C23H21FN2O4. The van der Waals surface area contributed by atoms with Crippen molar-refractivity contribution in [1.29, 1.82) is 0 Å². The van der Waals surface area contributed by atoms with Crippen LogP contribution >= 0.6 is 0 Å². The molecule has 154 valence electrons. The highest BCUT2D eigenvalue weighted by Crippen LogP contribution is 2.41. The van der Waals surface area contributed by atoms with Gasteiger partial charge in [-0.1, -0.05) is 0 Å². The zero-order valence-electron chi connectivity index (χ0n) is 16.4. The largest absolute Gasteiger partial charge is 0.497 e. The fourth-order valence-electron chi connectivity index (χ4n) is 3.93. The molecule has 0 aliphatic heterocycles. The van der Waals surface area contributed by atoms with Crippen LogP contribution in [0.15, 0.2) is 48.5 Å². The van der Waals surface area contributed by atoms with E-state index in [0.29, 0.717) is 53.3 Å². The van der Waals surface area contributed by atoms with Crippen LogP contribution in [0.3, 0.4) is 0 Å². The summed E-state index contributed by atoms with van der Waals surface area (Å²) in [5, 5.41) is 12.8. The van der Waals surface area contributed by atoms with Gasteiger partial charge in [-0.25, -0.2) is 4.39 Å². The van der Waals surface area contributed by atoms with Crippen molar-refractivity contribution in [2.24, 2.45) is 0 Å². The summed E-state index contributed by atoms with van der Waals surface area (Å²) in [4.78, 5) is 24.5. The molecule has 1 aliphatic rings. The van der Waals surface area contributed by atoms with Crippen LogP contribution in [0.4, 0.5) is 15.8 Å². The molecule has 0 atom stereocenters.